The molecule has 0 aliphatic rings. The molecule has 4 heterocycles. The topological polar surface area (TPSA) is 98.0 Å². The molecule has 30 heavy (non-hydrogen) atoms. The van der Waals surface area contributed by atoms with Crippen molar-refractivity contribution >= 4 is 40.9 Å². The molecule has 0 aliphatic heterocycles. The predicted molar refractivity (Wildman–Crippen MR) is 117 cm³/mol. The van der Waals surface area contributed by atoms with Gasteiger partial charge in [-0.3, -0.25) is 4.79 Å². The van der Waals surface area contributed by atoms with E-state index in [0.29, 0.717) is 16.6 Å². The summed E-state index contributed by atoms with van der Waals surface area (Å²) in [6, 6.07) is 9.31. The fourth-order valence-corrected chi connectivity index (χ4v) is 4.07. The number of nitrogens with one attached hydrogen (secondary N) is 1. The SMILES string of the molecule is CSc1nc2nc(C)c(CC(=O)Nc3ccnc(Sc4ccccn4)c3)c(C)n2n1. The first kappa shape index (κ1) is 20.3. The highest BCUT2D eigenvalue weighted by molar-refractivity contribution is 7.99. The molecule has 1 N–H and O–H groups in total. The van der Waals surface area contributed by atoms with Crippen molar-refractivity contribution in [2.45, 2.75) is 35.5 Å². The van der Waals surface area contributed by atoms with Gasteiger partial charge in [0, 0.05) is 35.0 Å². The van der Waals surface area contributed by atoms with Gasteiger partial charge < -0.3 is 5.32 Å². The van der Waals surface area contributed by atoms with Crippen LogP contribution in [-0.2, 0) is 11.2 Å². The molecule has 0 unspecified atom stereocenters. The Morgan fingerprint density at radius 1 is 1.10 bits per heavy atom. The summed E-state index contributed by atoms with van der Waals surface area (Å²) in [4.78, 5) is 30.2. The van der Waals surface area contributed by atoms with Crippen LogP contribution in [-0.4, -0.2) is 41.7 Å². The average Bonchev–Trinajstić information content (AvgIpc) is 3.15. The van der Waals surface area contributed by atoms with Crippen molar-refractivity contribution in [3.63, 3.8) is 0 Å². The largest absolute Gasteiger partial charge is 0.326 e. The smallest absolute Gasteiger partial charge is 0.253 e. The molecule has 4 aromatic heterocycles. The first-order valence-electron chi connectivity index (χ1n) is 9.15. The summed E-state index contributed by atoms with van der Waals surface area (Å²) in [5.41, 5.74) is 3.16. The first-order valence-corrected chi connectivity index (χ1v) is 11.2. The summed E-state index contributed by atoms with van der Waals surface area (Å²) < 4.78 is 1.69. The van der Waals surface area contributed by atoms with Gasteiger partial charge in [0.1, 0.15) is 10.1 Å². The normalized spacial score (nSPS) is 11.0. The zero-order valence-electron chi connectivity index (χ0n) is 16.7. The summed E-state index contributed by atoms with van der Waals surface area (Å²) in [6.07, 6.45) is 5.52. The molecule has 0 aromatic carbocycles. The van der Waals surface area contributed by atoms with Gasteiger partial charge in [-0.2, -0.15) is 4.98 Å². The molecule has 0 fully saturated rings. The Bertz CT molecular complexity index is 1210. The highest BCUT2D eigenvalue weighted by Gasteiger charge is 2.16. The molecule has 8 nitrogen and oxygen atoms in total. The van der Waals surface area contributed by atoms with Crippen molar-refractivity contribution in [2.24, 2.45) is 0 Å². The predicted octanol–water partition coefficient (Wildman–Crippen LogP) is 3.59. The van der Waals surface area contributed by atoms with Gasteiger partial charge in [0.2, 0.25) is 11.1 Å². The molecular weight excluding hydrogens is 418 g/mol. The Morgan fingerprint density at radius 2 is 1.93 bits per heavy atom. The van der Waals surface area contributed by atoms with E-state index in [2.05, 4.69) is 30.4 Å². The van der Waals surface area contributed by atoms with Gasteiger partial charge in [0.25, 0.3) is 5.78 Å². The second-order valence-electron chi connectivity index (χ2n) is 6.45. The monoisotopic (exact) mass is 437 g/mol. The zero-order valence-corrected chi connectivity index (χ0v) is 18.3. The zero-order chi connectivity index (χ0) is 21.1. The minimum absolute atomic E-state index is 0.132. The number of amides is 1. The van der Waals surface area contributed by atoms with Gasteiger partial charge in [-0.05, 0) is 44.4 Å². The van der Waals surface area contributed by atoms with Crippen molar-refractivity contribution < 1.29 is 4.79 Å². The lowest BCUT2D eigenvalue weighted by atomic mass is 10.1. The van der Waals surface area contributed by atoms with Crippen LogP contribution in [0.4, 0.5) is 5.69 Å². The van der Waals surface area contributed by atoms with Crippen LogP contribution in [0.25, 0.3) is 5.78 Å². The molecule has 0 aliphatic carbocycles. The van der Waals surface area contributed by atoms with Crippen molar-refractivity contribution in [3.8, 4) is 0 Å². The summed E-state index contributed by atoms with van der Waals surface area (Å²) in [7, 11) is 0. The number of carbonyl (C=O) groups is 1. The lowest BCUT2D eigenvalue weighted by molar-refractivity contribution is -0.115. The summed E-state index contributed by atoms with van der Waals surface area (Å²) >= 11 is 2.90. The summed E-state index contributed by atoms with van der Waals surface area (Å²) in [6.45, 7) is 3.81. The summed E-state index contributed by atoms with van der Waals surface area (Å²) in [5, 5.41) is 9.63. The van der Waals surface area contributed by atoms with E-state index in [0.717, 1.165) is 27.0 Å². The highest BCUT2D eigenvalue weighted by Crippen LogP contribution is 2.25. The van der Waals surface area contributed by atoms with Gasteiger partial charge in [0.15, 0.2) is 0 Å². The minimum atomic E-state index is -0.132. The third-order valence-corrected chi connectivity index (χ3v) is 5.84. The van der Waals surface area contributed by atoms with Crippen molar-refractivity contribution in [1.82, 2.24) is 29.5 Å². The number of hydrogen-bond acceptors (Lipinski definition) is 8. The van der Waals surface area contributed by atoms with E-state index in [-0.39, 0.29) is 12.3 Å². The molecule has 1 amide bonds. The quantitative estimate of drug-likeness (QED) is 0.457. The number of hydrogen-bond donors (Lipinski definition) is 1. The van der Waals surface area contributed by atoms with Crippen molar-refractivity contribution in [3.05, 3.63) is 59.7 Å². The number of fused-ring (bicyclic) bond motifs is 1. The number of pyridine rings is 2. The van der Waals surface area contributed by atoms with Crippen molar-refractivity contribution in [1.29, 1.82) is 0 Å². The Kier molecular flexibility index (Phi) is 5.96. The average molecular weight is 438 g/mol. The van der Waals surface area contributed by atoms with E-state index < -0.39 is 0 Å². The van der Waals surface area contributed by atoms with Gasteiger partial charge in [-0.15, -0.1) is 5.10 Å². The maximum Gasteiger partial charge on any atom is 0.253 e. The number of aromatic nitrogens is 6. The number of carbonyl (C=O) groups excluding carboxylic acids is 1. The Labute approximate surface area is 182 Å². The van der Waals surface area contributed by atoms with Crippen LogP contribution in [0.3, 0.4) is 0 Å². The number of rotatable bonds is 6. The fraction of sp³-hybridized carbons (Fsp3) is 0.200. The second-order valence-corrected chi connectivity index (χ2v) is 8.26. The summed E-state index contributed by atoms with van der Waals surface area (Å²) in [5.74, 6) is 0.413. The second kappa shape index (κ2) is 8.80. The van der Waals surface area contributed by atoms with Crippen molar-refractivity contribution in [2.75, 3.05) is 11.6 Å². The first-order chi connectivity index (χ1) is 14.5. The lowest BCUT2D eigenvalue weighted by Crippen LogP contribution is -2.18. The maximum absolute atomic E-state index is 12.7. The van der Waals surface area contributed by atoms with Crippen LogP contribution in [0, 0.1) is 13.8 Å². The Balaban J connectivity index is 1.50. The third kappa shape index (κ3) is 4.44. The molecular formula is C20H19N7OS2. The van der Waals surface area contributed by atoms with E-state index in [9.17, 15) is 4.79 Å². The number of nitrogens with zero attached hydrogens (tertiary/aromatic N) is 6. The number of aryl methyl sites for hydroxylation is 2. The van der Waals surface area contributed by atoms with Crippen LogP contribution in [0.1, 0.15) is 17.0 Å². The third-order valence-electron chi connectivity index (χ3n) is 4.41. The van der Waals surface area contributed by atoms with Gasteiger partial charge >= 0.3 is 0 Å². The van der Waals surface area contributed by atoms with E-state index in [1.807, 2.05) is 44.4 Å². The Hall–Kier alpha value is -2.98. The highest BCUT2D eigenvalue weighted by atomic mass is 32.2. The van der Waals surface area contributed by atoms with E-state index in [4.69, 9.17) is 0 Å². The van der Waals surface area contributed by atoms with E-state index in [1.54, 1.807) is 23.0 Å². The van der Waals surface area contributed by atoms with Gasteiger partial charge in [-0.25, -0.2) is 19.5 Å². The van der Waals surface area contributed by atoms with Crippen LogP contribution in [0.2, 0.25) is 0 Å². The van der Waals surface area contributed by atoms with Gasteiger partial charge in [0.05, 0.1) is 6.42 Å². The molecule has 4 rings (SSSR count). The molecule has 0 atom stereocenters. The molecule has 0 radical (unpaired) electrons. The lowest BCUT2D eigenvalue weighted by Gasteiger charge is -2.11. The van der Waals surface area contributed by atoms with E-state index >= 15 is 0 Å². The molecule has 0 saturated heterocycles. The fourth-order valence-electron chi connectivity index (χ4n) is 2.96. The van der Waals surface area contributed by atoms with Crippen LogP contribution in [0.15, 0.2) is 57.9 Å². The molecule has 4 aromatic rings. The Morgan fingerprint density at radius 3 is 2.70 bits per heavy atom. The molecule has 0 spiro atoms. The molecule has 152 valence electrons. The molecule has 0 bridgehead atoms. The van der Waals surface area contributed by atoms with Crippen LogP contribution < -0.4 is 5.32 Å². The van der Waals surface area contributed by atoms with Crippen LogP contribution in [0.5, 0.6) is 0 Å². The standard InChI is InChI=1S/C20H19N7OS2/c1-12-15(13(2)27-19(23-12)25-20(26-27)29-3)11-16(28)24-14-7-9-22-18(10-14)30-17-6-4-5-8-21-17/h4-10H,11H2,1-3H3,(H,22,24,28). The van der Waals surface area contributed by atoms with Gasteiger partial charge in [-0.1, -0.05) is 29.6 Å². The minimum Gasteiger partial charge on any atom is -0.326 e. The number of anilines is 1. The number of thioether (sulfide) groups is 1. The maximum atomic E-state index is 12.7. The molecule has 0 saturated carbocycles. The molecule has 10 heteroatoms. The van der Waals surface area contributed by atoms with E-state index in [1.165, 1.54) is 23.5 Å². The van der Waals surface area contributed by atoms with Crippen LogP contribution >= 0.6 is 23.5 Å².